The lowest BCUT2D eigenvalue weighted by molar-refractivity contribution is -0.124. The molecule has 0 spiro atoms. The highest BCUT2D eigenvalue weighted by Gasteiger charge is 2.47. The molecule has 2 amide bonds. The largest absolute Gasteiger partial charge is 0.288 e. The van der Waals surface area contributed by atoms with E-state index >= 15 is 0 Å². The molecule has 4 heteroatoms. The van der Waals surface area contributed by atoms with Gasteiger partial charge in [0.25, 0.3) is 5.91 Å². The Bertz CT molecular complexity index is 638. The molecule has 0 radical (unpaired) electrons. The minimum atomic E-state index is -0.246. The average Bonchev–Trinajstić information content (AvgIpc) is 2.90. The van der Waals surface area contributed by atoms with E-state index in [0.717, 1.165) is 30.1 Å². The highest BCUT2D eigenvalue weighted by atomic mass is 16.2. The SMILES string of the molecule is Cc1ccc(N2C(=O)C[C@H](N3CCC[C@@H]4CCCC[C@H]43)C2=O)cc1. The van der Waals surface area contributed by atoms with Crippen molar-refractivity contribution in [1.29, 1.82) is 0 Å². The van der Waals surface area contributed by atoms with Gasteiger partial charge in [0.15, 0.2) is 0 Å². The van der Waals surface area contributed by atoms with E-state index in [-0.39, 0.29) is 17.9 Å². The van der Waals surface area contributed by atoms with E-state index in [4.69, 9.17) is 0 Å². The minimum absolute atomic E-state index is 0.0184. The molecule has 24 heavy (non-hydrogen) atoms. The summed E-state index contributed by atoms with van der Waals surface area (Å²) in [6, 6.07) is 7.94. The number of fused-ring (bicyclic) bond motifs is 1. The highest BCUT2D eigenvalue weighted by molar-refractivity contribution is 6.22. The van der Waals surface area contributed by atoms with Gasteiger partial charge in [-0.15, -0.1) is 0 Å². The zero-order valence-corrected chi connectivity index (χ0v) is 14.4. The van der Waals surface area contributed by atoms with E-state index in [0.29, 0.717) is 12.5 Å². The standard InChI is InChI=1S/C20H26N2O2/c1-14-8-10-16(11-9-14)22-19(23)13-18(20(22)24)21-12-4-6-15-5-2-3-7-17(15)21/h8-11,15,17-18H,2-7,12-13H2,1H3/t15-,17+,18-/m0/s1. The number of benzene rings is 1. The van der Waals surface area contributed by atoms with Crippen LogP contribution in [0, 0.1) is 12.8 Å². The molecule has 0 unspecified atom stereocenters. The molecule has 1 aromatic carbocycles. The number of carbonyl (C=O) groups excluding carboxylic acids is 2. The average molecular weight is 326 g/mol. The number of rotatable bonds is 2. The van der Waals surface area contributed by atoms with E-state index in [1.54, 1.807) is 0 Å². The van der Waals surface area contributed by atoms with Crippen molar-refractivity contribution in [3.8, 4) is 0 Å². The molecule has 4 nitrogen and oxygen atoms in total. The van der Waals surface area contributed by atoms with Crippen LogP contribution in [0.25, 0.3) is 0 Å². The first-order valence-electron chi connectivity index (χ1n) is 9.34. The van der Waals surface area contributed by atoms with Crippen molar-refractivity contribution in [3.63, 3.8) is 0 Å². The van der Waals surface area contributed by atoms with E-state index in [1.165, 1.54) is 37.0 Å². The fourth-order valence-electron chi connectivity index (χ4n) is 4.89. The van der Waals surface area contributed by atoms with Crippen LogP contribution in [-0.4, -0.2) is 35.3 Å². The zero-order valence-electron chi connectivity index (χ0n) is 14.4. The van der Waals surface area contributed by atoms with Crippen molar-refractivity contribution in [2.45, 2.75) is 64.0 Å². The summed E-state index contributed by atoms with van der Waals surface area (Å²) in [4.78, 5) is 29.4. The van der Waals surface area contributed by atoms with Crippen molar-refractivity contribution in [1.82, 2.24) is 4.90 Å². The third kappa shape index (κ3) is 2.67. The third-order valence-electron chi connectivity index (χ3n) is 6.10. The smallest absolute Gasteiger partial charge is 0.251 e. The maximum Gasteiger partial charge on any atom is 0.251 e. The number of anilines is 1. The second-order valence-electron chi connectivity index (χ2n) is 7.61. The summed E-state index contributed by atoms with van der Waals surface area (Å²) >= 11 is 0. The van der Waals surface area contributed by atoms with Gasteiger partial charge in [-0.3, -0.25) is 14.5 Å². The lowest BCUT2D eigenvalue weighted by Crippen LogP contribution is -2.54. The molecule has 2 heterocycles. The van der Waals surface area contributed by atoms with Crippen LogP contribution in [0.1, 0.15) is 50.5 Å². The van der Waals surface area contributed by atoms with Gasteiger partial charge in [0.2, 0.25) is 5.91 Å². The van der Waals surface area contributed by atoms with Crippen LogP contribution in [0.2, 0.25) is 0 Å². The van der Waals surface area contributed by atoms with Gasteiger partial charge in [-0.05, 0) is 57.2 Å². The van der Waals surface area contributed by atoms with Gasteiger partial charge in [0.1, 0.15) is 0 Å². The molecule has 128 valence electrons. The van der Waals surface area contributed by atoms with Crippen molar-refractivity contribution in [2.24, 2.45) is 5.92 Å². The Balaban J connectivity index is 1.57. The zero-order chi connectivity index (χ0) is 16.7. The number of hydrogen-bond donors (Lipinski definition) is 0. The van der Waals surface area contributed by atoms with Crippen LogP contribution in [0.3, 0.4) is 0 Å². The van der Waals surface area contributed by atoms with Crippen LogP contribution < -0.4 is 4.90 Å². The molecule has 2 saturated heterocycles. The fourth-order valence-corrected chi connectivity index (χ4v) is 4.89. The Morgan fingerprint density at radius 2 is 1.67 bits per heavy atom. The number of nitrogens with zero attached hydrogens (tertiary/aromatic N) is 2. The predicted molar refractivity (Wildman–Crippen MR) is 93.8 cm³/mol. The Kier molecular flexibility index (Phi) is 4.17. The van der Waals surface area contributed by atoms with Gasteiger partial charge in [-0.25, -0.2) is 4.90 Å². The highest BCUT2D eigenvalue weighted by Crippen LogP contribution is 2.38. The predicted octanol–water partition coefficient (Wildman–Crippen LogP) is 3.28. The molecule has 0 N–H and O–H groups in total. The normalized spacial score (nSPS) is 31.4. The third-order valence-corrected chi connectivity index (χ3v) is 6.10. The molecular formula is C20H26N2O2. The van der Waals surface area contributed by atoms with Gasteiger partial charge < -0.3 is 0 Å². The minimum Gasteiger partial charge on any atom is -0.288 e. The Morgan fingerprint density at radius 3 is 2.46 bits per heavy atom. The van der Waals surface area contributed by atoms with Crippen molar-refractivity contribution >= 4 is 17.5 Å². The van der Waals surface area contributed by atoms with Gasteiger partial charge in [-0.1, -0.05) is 30.5 Å². The summed E-state index contributed by atoms with van der Waals surface area (Å²) in [6.07, 6.45) is 7.85. The number of imide groups is 1. The van der Waals surface area contributed by atoms with Crippen LogP contribution in [0.15, 0.2) is 24.3 Å². The fraction of sp³-hybridized carbons (Fsp3) is 0.600. The Labute approximate surface area is 143 Å². The number of carbonyl (C=O) groups is 2. The molecule has 3 aliphatic rings. The van der Waals surface area contributed by atoms with Crippen molar-refractivity contribution in [3.05, 3.63) is 29.8 Å². The first kappa shape index (κ1) is 15.8. The molecular weight excluding hydrogens is 300 g/mol. The molecule has 1 aliphatic carbocycles. The maximum atomic E-state index is 13.0. The topological polar surface area (TPSA) is 40.6 Å². The quantitative estimate of drug-likeness (QED) is 0.783. The molecule has 4 rings (SSSR count). The summed E-state index contributed by atoms with van der Waals surface area (Å²) in [5.41, 5.74) is 1.85. The summed E-state index contributed by atoms with van der Waals surface area (Å²) in [5, 5.41) is 0. The number of aryl methyl sites for hydroxylation is 1. The van der Waals surface area contributed by atoms with Gasteiger partial charge >= 0.3 is 0 Å². The molecule has 0 aromatic heterocycles. The Morgan fingerprint density at radius 1 is 0.958 bits per heavy atom. The van der Waals surface area contributed by atoms with E-state index < -0.39 is 0 Å². The van der Waals surface area contributed by atoms with Crippen molar-refractivity contribution in [2.75, 3.05) is 11.4 Å². The molecule has 0 bridgehead atoms. The van der Waals surface area contributed by atoms with Crippen LogP contribution in [0.4, 0.5) is 5.69 Å². The monoisotopic (exact) mass is 326 g/mol. The number of hydrogen-bond acceptors (Lipinski definition) is 3. The van der Waals surface area contributed by atoms with E-state index in [9.17, 15) is 9.59 Å². The second-order valence-corrected chi connectivity index (χ2v) is 7.61. The van der Waals surface area contributed by atoms with Crippen molar-refractivity contribution < 1.29 is 9.59 Å². The first-order chi connectivity index (χ1) is 11.6. The lowest BCUT2D eigenvalue weighted by atomic mass is 9.77. The summed E-state index contributed by atoms with van der Waals surface area (Å²) in [6.45, 7) is 2.98. The van der Waals surface area contributed by atoms with Crippen LogP contribution >= 0.6 is 0 Å². The number of piperidine rings is 1. The summed E-state index contributed by atoms with van der Waals surface area (Å²) in [5.74, 6) is 0.658. The lowest BCUT2D eigenvalue weighted by Gasteiger charge is -2.46. The van der Waals surface area contributed by atoms with Gasteiger partial charge in [0.05, 0.1) is 18.2 Å². The van der Waals surface area contributed by atoms with Crippen LogP contribution in [0.5, 0.6) is 0 Å². The maximum absolute atomic E-state index is 13.0. The Hall–Kier alpha value is -1.68. The number of amides is 2. The molecule has 3 atom stereocenters. The summed E-state index contributed by atoms with van der Waals surface area (Å²) < 4.78 is 0. The first-order valence-corrected chi connectivity index (χ1v) is 9.34. The molecule has 1 aromatic rings. The van der Waals surface area contributed by atoms with Gasteiger partial charge in [0, 0.05) is 6.04 Å². The molecule has 3 fully saturated rings. The summed E-state index contributed by atoms with van der Waals surface area (Å²) in [7, 11) is 0. The van der Waals surface area contributed by atoms with Crippen LogP contribution in [-0.2, 0) is 9.59 Å². The second kappa shape index (κ2) is 6.32. The van der Waals surface area contributed by atoms with Gasteiger partial charge in [-0.2, -0.15) is 0 Å². The molecule has 2 aliphatic heterocycles. The van der Waals surface area contributed by atoms with E-state index in [1.807, 2.05) is 31.2 Å². The van der Waals surface area contributed by atoms with E-state index in [2.05, 4.69) is 4.90 Å². The number of likely N-dealkylation sites (tertiary alicyclic amines) is 1. The molecule has 1 saturated carbocycles.